The zero-order chi connectivity index (χ0) is 21.8. The summed E-state index contributed by atoms with van der Waals surface area (Å²) in [5.74, 6) is 1.02. The molecule has 1 aromatic heterocycles. The van der Waals surface area contributed by atoms with Crippen molar-refractivity contribution in [2.45, 2.75) is 12.1 Å². The van der Waals surface area contributed by atoms with Crippen LogP contribution in [0.15, 0.2) is 114 Å². The molecule has 0 radical (unpaired) electrons. The molecule has 158 valence electrons. The fourth-order valence-electron chi connectivity index (χ4n) is 5.11. The number of nitrogens with zero attached hydrogens (tertiary/aromatic N) is 3. The average molecular weight is 427 g/mol. The Labute approximate surface area is 191 Å². The van der Waals surface area contributed by atoms with Gasteiger partial charge in [0, 0.05) is 39.4 Å². The van der Waals surface area contributed by atoms with E-state index in [0.29, 0.717) is 0 Å². The number of fused-ring (bicyclic) bond motifs is 6. The van der Waals surface area contributed by atoms with Gasteiger partial charge in [0.05, 0.1) is 17.4 Å². The van der Waals surface area contributed by atoms with Gasteiger partial charge in [-0.05, 0) is 48.6 Å². The highest BCUT2D eigenvalue weighted by atomic mass is 15.3. The summed E-state index contributed by atoms with van der Waals surface area (Å²) in [6.45, 7) is 0. The maximum Gasteiger partial charge on any atom is 0.129 e. The van der Waals surface area contributed by atoms with Crippen molar-refractivity contribution < 1.29 is 0 Å². The molecular weight excluding hydrogens is 404 g/mol. The molecule has 33 heavy (non-hydrogen) atoms. The number of hydrogen-bond donors (Lipinski definition) is 1. The first-order valence-corrected chi connectivity index (χ1v) is 11.3. The molecule has 0 amide bonds. The molecule has 4 nitrogen and oxygen atoms in total. The summed E-state index contributed by atoms with van der Waals surface area (Å²) in [6.07, 6.45) is 11.2. The molecule has 0 bridgehead atoms. The lowest BCUT2D eigenvalue weighted by Gasteiger charge is -2.31. The van der Waals surface area contributed by atoms with E-state index in [2.05, 4.69) is 130 Å². The van der Waals surface area contributed by atoms with E-state index < -0.39 is 0 Å². The van der Waals surface area contributed by atoms with Crippen LogP contribution in [-0.4, -0.2) is 27.8 Å². The maximum absolute atomic E-state index is 5.12. The van der Waals surface area contributed by atoms with E-state index in [-0.39, 0.29) is 12.1 Å². The second-order valence-electron chi connectivity index (χ2n) is 8.60. The van der Waals surface area contributed by atoms with Gasteiger partial charge in [-0.1, -0.05) is 60.7 Å². The first-order chi connectivity index (χ1) is 16.3. The van der Waals surface area contributed by atoms with E-state index in [1.165, 1.54) is 10.6 Å². The molecule has 0 fully saturated rings. The first kappa shape index (κ1) is 18.3. The van der Waals surface area contributed by atoms with Gasteiger partial charge in [0.25, 0.3) is 0 Å². The van der Waals surface area contributed by atoms with Crippen molar-refractivity contribution >= 4 is 40.4 Å². The minimum atomic E-state index is 0.0673. The summed E-state index contributed by atoms with van der Waals surface area (Å²) in [4.78, 5) is 13.3. The number of aliphatic imine (C=N–C) groups is 1. The molecule has 1 N–H and O–H groups in total. The third-order valence-corrected chi connectivity index (χ3v) is 6.63. The molecule has 2 unspecified atom stereocenters. The number of allylic oxidation sites excluding steroid dienone is 1. The molecule has 3 heterocycles. The molecule has 0 saturated heterocycles. The van der Waals surface area contributed by atoms with Crippen molar-refractivity contribution in [3.05, 3.63) is 119 Å². The zero-order valence-corrected chi connectivity index (χ0v) is 18.0. The summed E-state index contributed by atoms with van der Waals surface area (Å²) in [5.41, 5.74) is 4.58. The number of H-pyrrole nitrogens is 1. The lowest BCUT2D eigenvalue weighted by Crippen LogP contribution is -2.42. The fourth-order valence-corrected chi connectivity index (χ4v) is 5.11. The van der Waals surface area contributed by atoms with Gasteiger partial charge >= 0.3 is 0 Å². The number of nitrogens with one attached hydrogen (secondary N) is 1. The minimum absolute atomic E-state index is 0.0673. The minimum Gasteiger partial charge on any atom is -0.353 e. The standard InChI is InChI=1S/C29H22N4/c1-3-9-20(10-4-1)33(21-11-5-2-6-12-21)22-15-16-28-26(17-22)31-29-18-24-23-13-7-8-14-25(23)30-27(24)19-32(28)29/h1-19,26,28,30H. The Hall–Kier alpha value is -4.31. The largest absolute Gasteiger partial charge is 0.353 e. The van der Waals surface area contributed by atoms with Crippen LogP contribution in [0, 0.1) is 0 Å². The van der Waals surface area contributed by atoms with E-state index in [1.54, 1.807) is 0 Å². The molecule has 2 aliphatic heterocycles. The van der Waals surface area contributed by atoms with Gasteiger partial charge in [-0.3, -0.25) is 4.99 Å². The lowest BCUT2D eigenvalue weighted by atomic mass is 10.00. The summed E-state index contributed by atoms with van der Waals surface area (Å²) in [6, 6.07) is 29.7. The number of benzene rings is 3. The van der Waals surface area contributed by atoms with Crippen LogP contribution < -0.4 is 15.5 Å². The third-order valence-electron chi connectivity index (χ3n) is 6.63. The Bertz CT molecular complexity index is 1540. The van der Waals surface area contributed by atoms with Crippen molar-refractivity contribution in [3.8, 4) is 0 Å². The van der Waals surface area contributed by atoms with Crippen LogP contribution in [0.2, 0.25) is 0 Å². The topological polar surface area (TPSA) is 34.6 Å². The zero-order valence-electron chi connectivity index (χ0n) is 18.0. The summed E-state index contributed by atoms with van der Waals surface area (Å²) in [7, 11) is 0. The van der Waals surface area contributed by atoms with Crippen molar-refractivity contribution in [3.63, 3.8) is 0 Å². The average Bonchev–Trinajstić information content (AvgIpc) is 3.41. The number of anilines is 2. The molecule has 1 aliphatic carbocycles. The number of aromatic amines is 1. The van der Waals surface area contributed by atoms with Crippen molar-refractivity contribution in [1.29, 1.82) is 0 Å². The van der Waals surface area contributed by atoms with Crippen LogP contribution in [0.25, 0.3) is 23.2 Å². The smallest absolute Gasteiger partial charge is 0.129 e. The normalized spacial score (nSPS) is 20.2. The summed E-state index contributed by atoms with van der Waals surface area (Å²) >= 11 is 0. The molecular formula is C29H22N4. The Kier molecular flexibility index (Phi) is 3.94. The fraction of sp³-hybridized carbons (Fsp3) is 0.0690. The highest BCUT2D eigenvalue weighted by molar-refractivity contribution is 6.14. The highest BCUT2D eigenvalue weighted by Crippen LogP contribution is 2.34. The highest BCUT2D eigenvalue weighted by Gasteiger charge is 2.35. The maximum atomic E-state index is 5.12. The molecule has 7 rings (SSSR count). The lowest BCUT2D eigenvalue weighted by molar-refractivity contribution is 0.506. The summed E-state index contributed by atoms with van der Waals surface area (Å²) in [5, 5.41) is 3.61. The van der Waals surface area contributed by atoms with Crippen molar-refractivity contribution in [2.24, 2.45) is 4.99 Å². The van der Waals surface area contributed by atoms with E-state index in [9.17, 15) is 0 Å². The van der Waals surface area contributed by atoms with Gasteiger partial charge < -0.3 is 14.8 Å². The van der Waals surface area contributed by atoms with Crippen LogP contribution in [-0.2, 0) is 0 Å². The quantitative estimate of drug-likeness (QED) is 0.526. The predicted octanol–water partition coefficient (Wildman–Crippen LogP) is 4.44. The molecule has 3 aromatic carbocycles. The Balaban J connectivity index is 1.32. The molecule has 0 saturated carbocycles. The Morgan fingerprint density at radius 3 is 2.27 bits per heavy atom. The number of amidine groups is 1. The number of rotatable bonds is 3. The van der Waals surface area contributed by atoms with Crippen molar-refractivity contribution in [2.75, 3.05) is 4.90 Å². The number of hydrogen-bond acceptors (Lipinski definition) is 3. The molecule has 3 aliphatic rings. The number of para-hydroxylation sites is 3. The molecule has 2 atom stereocenters. The van der Waals surface area contributed by atoms with Gasteiger partial charge in [0.2, 0.25) is 0 Å². The SMILES string of the molecule is C1=CC2C(C=C1N(c1ccccc1)c1ccccc1)N=C1C=c3c([nH]c4ccccc34)=CN12. The first-order valence-electron chi connectivity index (χ1n) is 11.3. The van der Waals surface area contributed by atoms with Gasteiger partial charge in [-0.15, -0.1) is 0 Å². The second kappa shape index (κ2) is 7.10. The van der Waals surface area contributed by atoms with E-state index >= 15 is 0 Å². The third kappa shape index (κ3) is 2.88. The van der Waals surface area contributed by atoms with Gasteiger partial charge in [-0.2, -0.15) is 0 Å². The monoisotopic (exact) mass is 426 g/mol. The Morgan fingerprint density at radius 2 is 1.52 bits per heavy atom. The second-order valence-corrected chi connectivity index (χ2v) is 8.60. The number of aromatic nitrogens is 1. The molecule has 4 heteroatoms. The van der Waals surface area contributed by atoms with Crippen LogP contribution in [0.3, 0.4) is 0 Å². The van der Waals surface area contributed by atoms with E-state index in [0.717, 1.165) is 33.8 Å². The van der Waals surface area contributed by atoms with Crippen LogP contribution >= 0.6 is 0 Å². The van der Waals surface area contributed by atoms with Crippen LogP contribution in [0.5, 0.6) is 0 Å². The van der Waals surface area contributed by atoms with Gasteiger partial charge in [0.1, 0.15) is 5.84 Å². The Morgan fingerprint density at radius 1 is 0.818 bits per heavy atom. The predicted molar refractivity (Wildman–Crippen MR) is 136 cm³/mol. The molecule has 4 aromatic rings. The van der Waals surface area contributed by atoms with E-state index in [1.807, 2.05) is 0 Å². The van der Waals surface area contributed by atoms with E-state index in [4.69, 9.17) is 4.99 Å². The van der Waals surface area contributed by atoms with Gasteiger partial charge in [0.15, 0.2) is 0 Å². The van der Waals surface area contributed by atoms with Crippen molar-refractivity contribution in [1.82, 2.24) is 9.88 Å². The molecule has 0 spiro atoms. The van der Waals surface area contributed by atoms with Crippen LogP contribution in [0.4, 0.5) is 11.4 Å². The van der Waals surface area contributed by atoms with Gasteiger partial charge in [-0.25, -0.2) is 0 Å². The van der Waals surface area contributed by atoms with Crippen LogP contribution in [0.1, 0.15) is 0 Å². The summed E-state index contributed by atoms with van der Waals surface area (Å²) < 4.78 is 0.